The molecule has 0 aromatic heterocycles. The van der Waals surface area contributed by atoms with Crippen LogP contribution in [0.5, 0.6) is 17.2 Å². The molecule has 0 spiro atoms. The Morgan fingerprint density at radius 1 is 0.913 bits per heavy atom. The van der Waals surface area contributed by atoms with Crippen molar-refractivity contribution in [1.29, 1.82) is 0 Å². The van der Waals surface area contributed by atoms with E-state index >= 15 is 0 Å². The molecule has 2 aromatic rings. The molecule has 2 N–H and O–H groups in total. The molecular formula is C17H16O6. The Hall–Kier alpha value is -3.02. The summed E-state index contributed by atoms with van der Waals surface area (Å²) in [5.74, 6) is -0.533. The zero-order valence-electron chi connectivity index (χ0n) is 12.5. The van der Waals surface area contributed by atoms with E-state index in [9.17, 15) is 9.59 Å². The first-order valence-corrected chi connectivity index (χ1v) is 6.85. The van der Waals surface area contributed by atoms with Crippen molar-refractivity contribution in [3.63, 3.8) is 0 Å². The van der Waals surface area contributed by atoms with Crippen molar-refractivity contribution in [2.24, 2.45) is 0 Å². The summed E-state index contributed by atoms with van der Waals surface area (Å²) >= 11 is 0. The molecule has 0 aliphatic carbocycles. The topological polar surface area (TPSA) is 93.1 Å². The van der Waals surface area contributed by atoms with Gasteiger partial charge in [0.25, 0.3) is 0 Å². The van der Waals surface area contributed by atoms with Crippen LogP contribution in [0, 0.1) is 0 Å². The highest BCUT2D eigenvalue weighted by Gasteiger charge is 2.10. The van der Waals surface area contributed by atoms with Crippen molar-refractivity contribution in [3.8, 4) is 17.2 Å². The lowest BCUT2D eigenvalue weighted by Gasteiger charge is -2.12. The smallest absolute Gasteiger partial charge is 0.307 e. The summed E-state index contributed by atoms with van der Waals surface area (Å²) in [6.07, 6.45) is -0.198. The first kappa shape index (κ1) is 16.4. The molecule has 0 saturated heterocycles. The van der Waals surface area contributed by atoms with Gasteiger partial charge in [0, 0.05) is 0 Å². The number of hydrogen-bond donors (Lipinski definition) is 2. The summed E-state index contributed by atoms with van der Waals surface area (Å²) in [5.41, 5.74) is 1.22. The average Bonchev–Trinajstić information content (AvgIpc) is 2.48. The maximum atomic E-state index is 10.8. The quantitative estimate of drug-likeness (QED) is 0.816. The molecule has 0 aliphatic rings. The third-order valence-electron chi connectivity index (χ3n) is 3.06. The van der Waals surface area contributed by atoms with Crippen molar-refractivity contribution >= 4 is 11.9 Å². The van der Waals surface area contributed by atoms with Crippen LogP contribution >= 0.6 is 0 Å². The number of rotatable bonds is 7. The molecule has 0 fully saturated rings. The number of benzene rings is 2. The highest BCUT2D eigenvalue weighted by Crippen LogP contribution is 2.32. The van der Waals surface area contributed by atoms with Crippen LogP contribution < -0.4 is 9.47 Å². The summed E-state index contributed by atoms with van der Waals surface area (Å²) in [4.78, 5) is 21.5. The number of hydrogen-bond acceptors (Lipinski definition) is 4. The molecule has 0 saturated carbocycles. The number of carboxylic acid groups (broad SMARTS) is 2. The first-order chi connectivity index (χ1) is 11.0. The van der Waals surface area contributed by atoms with Gasteiger partial charge in [-0.2, -0.15) is 0 Å². The number of carboxylic acids is 2. The van der Waals surface area contributed by atoms with Gasteiger partial charge < -0.3 is 19.7 Å². The summed E-state index contributed by atoms with van der Waals surface area (Å²) in [7, 11) is 1.47. The lowest BCUT2D eigenvalue weighted by atomic mass is 10.1. The van der Waals surface area contributed by atoms with E-state index in [4.69, 9.17) is 19.7 Å². The Labute approximate surface area is 132 Å². The number of ether oxygens (including phenoxy) is 2. The van der Waals surface area contributed by atoms with Crippen molar-refractivity contribution in [2.75, 3.05) is 7.11 Å². The zero-order valence-corrected chi connectivity index (χ0v) is 12.5. The van der Waals surface area contributed by atoms with Crippen LogP contribution in [0.25, 0.3) is 0 Å². The van der Waals surface area contributed by atoms with Gasteiger partial charge in [-0.3, -0.25) is 9.59 Å². The van der Waals surface area contributed by atoms with Crippen molar-refractivity contribution in [2.45, 2.75) is 12.8 Å². The fraction of sp³-hybridized carbons (Fsp3) is 0.176. The van der Waals surface area contributed by atoms with E-state index in [2.05, 4.69) is 0 Å². The van der Waals surface area contributed by atoms with Gasteiger partial charge in [-0.1, -0.05) is 18.2 Å². The van der Waals surface area contributed by atoms with Gasteiger partial charge in [-0.15, -0.1) is 0 Å². The molecule has 6 heteroatoms. The Balaban J connectivity index is 2.22. The third-order valence-corrected chi connectivity index (χ3v) is 3.06. The van der Waals surface area contributed by atoms with E-state index in [0.29, 0.717) is 28.4 Å². The highest BCUT2D eigenvalue weighted by molar-refractivity contribution is 5.71. The van der Waals surface area contributed by atoms with Crippen molar-refractivity contribution in [3.05, 3.63) is 53.6 Å². The molecule has 0 unspecified atom stereocenters. The molecule has 0 atom stereocenters. The van der Waals surface area contributed by atoms with Crippen LogP contribution in [0.2, 0.25) is 0 Å². The Morgan fingerprint density at radius 3 is 2.17 bits per heavy atom. The highest BCUT2D eigenvalue weighted by atomic mass is 16.5. The van der Waals surface area contributed by atoms with Crippen LogP contribution in [0.15, 0.2) is 42.5 Å². The van der Waals surface area contributed by atoms with Crippen molar-refractivity contribution < 1.29 is 29.3 Å². The fourth-order valence-corrected chi connectivity index (χ4v) is 2.10. The number of aliphatic carboxylic acids is 2. The summed E-state index contributed by atoms with van der Waals surface area (Å²) in [6, 6.07) is 11.6. The maximum absolute atomic E-state index is 10.8. The van der Waals surface area contributed by atoms with Crippen LogP contribution in [0.1, 0.15) is 11.1 Å². The molecule has 2 aromatic carbocycles. The van der Waals surface area contributed by atoms with Crippen LogP contribution in [0.4, 0.5) is 0 Å². The van der Waals surface area contributed by atoms with Gasteiger partial charge in [0.1, 0.15) is 5.75 Å². The predicted molar refractivity (Wildman–Crippen MR) is 82.2 cm³/mol. The molecule has 6 nitrogen and oxygen atoms in total. The van der Waals surface area contributed by atoms with E-state index in [1.54, 1.807) is 42.5 Å². The molecule has 0 heterocycles. The second-order valence-corrected chi connectivity index (χ2v) is 4.88. The maximum Gasteiger partial charge on any atom is 0.307 e. The molecule has 120 valence electrons. The normalized spacial score (nSPS) is 10.1. The molecular weight excluding hydrogens is 300 g/mol. The van der Waals surface area contributed by atoms with Gasteiger partial charge in [-0.05, 0) is 35.4 Å². The largest absolute Gasteiger partial charge is 0.493 e. The number of carbonyl (C=O) groups is 2. The SMILES string of the molecule is COc1cc(CC(=O)O)ccc1Oc1cccc(CC(=O)O)c1. The predicted octanol–water partition coefficient (Wildman–Crippen LogP) is 2.74. The van der Waals surface area contributed by atoms with E-state index in [1.165, 1.54) is 7.11 Å². The molecule has 0 radical (unpaired) electrons. The second kappa shape index (κ2) is 7.31. The lowest BCUT2D eigenvalue weighted by Crippen LogP contribution is -2.01. The van der Waals surface area contributed by atoms with Gasteiger partial charge in [0.2, 0.25) is 0 Å². The molecule has 0 amide bonds. The standard InChI is InChI=1S/C17H16O6/c1-22-15-8-12(10-17(20)21)5-6-14(15)23-13-4-2-3-11(7-13)9-16(18)19/h2-8H,9-10H2,1H3,(H,18,19)(H,20,21). The van der Waals surface area contributed by atoms with Gasteiger partial charge in [0.15, 0.2) is 11.5 Å². The number of methoxy groups -OCH3 is 1. The minimum absolute atomic E-state index is 0.0914. The lowest BCUT2D eigenvalue weighted by molar-refractivity contribution is -0.137. The van der Waals surface area contributed by atoms with Gasteiger partial charge in [-0.25, -0.2) is 0 Å². The van der Waals surface area contributed by atoms with Crippen LogP contribution in [-0.2, 0) is 22.4 Å². The van der Waals surface area contributed by atoms with Crippen molar-refractivity contribution in [1.82, 2.24) is 0 Å². The Kier molecular flexibility index (Phi) is 5.19. The summed E-state index contributed by atoms with van der Waals surface area (Å²) in [6.45, 7) is 0. The average molecular weight is 316 g/mol. The Bertz CT molecular complexity index is 723. The van der Waals surface area contributed by atoms with Gasteiger partial charge in [0.05, 0.1) is 20.0 Å². The van der Waals surface area contributed by atoms with E-state index < -0.39 is 11.9 Å². The second-order valence-electron chi connectivity index (χ2n) is 4.88. The summed E-state index contributed by atoms with van der Waals surface area (Å²) < 4.78 is 10.9. The monoisotopic (exact) mass is 316 g/mol. The van der Waals surface area contributed by atoms with E-state index in [0.717, 1.165) is 0 Å². The molecule has 0 aliphatic heterocycles. The summed E-state index contributed by atoms with van der Waals surface area (Å²) in [5, 5.41) is 17.6. The Morgan fingerprint density at radius 2 is 1.57 bits per heavy atom. The van der Waals surface area contributed by atoms with Gasteiger partial charge >= 0.3 is 11.9 Å². The molecule has 2 rings (SSSR count). The molecule has 23 heavy (non-hydrogen) atoms. The van der Waals surface area contributed by atoms with Crippen LogP contribution in [-0.4, -0.2) is 29.3 Å². The van der Waals surface area contributed by atoms with E-state index in [1.807, 2.05) is 0 Å². The van der Waals surface area contributed by atoms with E-state index in [-0.39, 0.29) is 12.8 Å². The fourth-order valence-electron chi connectivity index (χ4n) is 2.10. The minimum Gasteiger partial charge on any atom is -0.493 e. The third kappa shape index (κ3) is 4.74. The zero-order chi connectivity index (χ0) is 16.8. The first-order valence-electron chi connectivity index (χ1n) is 6.85. The molecule has 0 bridgehead atoms. The minimum atomic E-state index is -0.929. The van der Waals surface area contributed by atoms with Crippen LogP contribution in [0.3, 0.4) is 0 Å².